The van der Waals surface area contributed by atoms with Crippen molar-refractivity contribution < 1.29 is 39.8 Å². The number of benzene rings is 7. The molecule has 10 rings (SSSR count). The van der Waals surface area contributed by atoms with Gasteiger partial charge in [-0.2, -0.15) is 9.97 Å². The highest BCUT2D eigenvalue weighted by atomic mass is 15.2. The van der Waals surface area contributed by atoms with Crippen LogP contribution in [-0.2, 0) is 0 Å². The predicted molar refractivity (Wildman–Crippen MR) is 205 cm³/mol. The van der Waals surface area contributed by atoms with Crippen molar-refractivity contribution in [1.29, 1.82) is 0 Å². The number of aromatic nitrogens is 5. The number of hydrogen-bond donors (Lipinski definition) is 0. The van der Waals surface area contributed by atoms with Gasteiger partial charge in [-0.25, -0.2) is 4.98 Å². The van der Waals surface area contributed by atoms with Gasteiger partial charge in [0.05, 0.1) is 61.8 Å². The van der Waals surface area contributed by atoms with Gasteiger partial charge < -0.3 is 4.57 Å². The highest BCUT2D eigenvalue weighted by Crippen LogP contribution is 2.41. The fraction of sp³-hybridized carbons (Fsp3) is 0. The molecule has 0 aliphatic rings. The third-order valence-corrected chi connectivity index (χ3v) is 7.60. The van der Waals surface area contributed by atoms with Crippen LogP contribution < -0.4 is 0 Å². The molecule has 0 radical (unpaired) electrons. The van der Waals surface area contributed by atoms with Gasteiger partial charge in [0.2, 0.25) is 5.95 Å². The number of nitrogens with zero attached hydrogens (tertiary/aromatic N) is 5. The molecule has 50 heavy (non-hydrogen) atoms. The monoisotopic (exact) mass is 668 g/mol. The predicted octanol–water partition coefficient (Wildman–Crippen LogP) is 11.1. The van der Waals surface area contributed by atoms with Gasteiger partial charge in [0, 0.05) is 38.4 Å². The van der Waals surface area contributed by atoms with E-state index in [1.165, 1.54) is 0 Å². The first-order chi connectivity index (χ1) is 36.9. The fourth-order valence-electron chi connectivity index (χ4n) is 5.58. The lowest BCUT2D eigenvalue weighted by molar-refractivity contribution is 0.955. The molecule has 0 bridgehead atoms. The summed E-state index contributed by atoms with van der Waals surface area (Å²) in [7, 11) is 0. The van der Waals surface area contributed by atoms with Crippen molar-refractivity contribution in [1.82, 2.24) is 24.1 Å². The summed E-state index contributed by atoms with van der Waals surface area (Å²) < 4.78 is 259. The largest absolute Gasteiger partial charge is 0.309 e. The Morgan fingerprint density at radius 2 is 0.860 bits per heavy atom. The van der Waals surface area contributed by atoms with Crippen molar-refractivity contribution in [2.45, 2.75) is 0 Å². The smallest absolute Gasteiger partial charge is 0.238 e. The molecule has 0 atom stereocenters. The number of rotatable bonds is 5. The zero-order valence-corrected chi connectivity index (χ0v) is 24.7. The number of fused-ring (bicyclic) bond motifs is 7. The van der Waals surface area contributed by atoms with E-state index < -0.39 is 264 Å². The van der Waals surface area contributed by atoms with Crippen LogP contribution in [0.3, 0.4) is 0 Å². The quantitative estimate of drug-likeness (QED) is 0.183. The van der Waals surface area contributed by atoms with Crippen LogP contribution in [0.1, 0.15) is 39.8 Å². The highest BCUT2D eigenvalue weighted by molar-refractivity contribution is 6.26. The maximum atomic E-state index is 9.66. The minimum Gasteiger partial charge on any atom is -0.309 e. The van der Waals surface area contributed by atoms with Crippen molar-refractivity contribution in [3.8, 4) is 45.5 Å². The molecule has 3 aromatic heterocycles. The van der Waals surface area contributed by atoms with Gasteiger partial charge in [0.15, 0.2) is 11.6 Å². The first-order valence-electron chi connectivity index (χ1n) is 28.9. The summed E-state index contributed by atoms with van der Waals surface area (Å²) in [6.45, 7) is 0. The molecule has 0 amide bonds. The van der Waals surface area contributed by atoms with E-state index in [1.807, 2.05) is 0 Å². The van der Waals surface area contributed by atoms with Gasteiger partial charge in [-0.05, 0) is 41.3 Å². The maximum Gasteiger partial charge on any atom is 0.238 e. The molecule has 0 aliphatic heterocycles. The van der Waals surface area contributed by atoms with E-state index in [2.05, 4.69) is 15.0 Å². The molecule has 5 nitrogen and oxygen atoms in total. The average molecular weight is 669 g/mol. The van der Waals surface area contributed by atoms with Crippen LogP contribution in [-0.4, -0.2) is 24.1 Å². The maximum absolute atomic E-state index is 9.66. The summed E-state index contributed by atoms with van der Waals surface area (Å²) in [6, 6.07) is -27.2. The summed E-state index contributed by atoms with van der Waals surface area (Å²) in [5.74, 6) is -2.82. The molecular weight excluding hydrogens is 611 g/mol. The lowest BCUT2D eigenvalue weighted by Crippen LogP contribution is -2.06. The summed E-state index contributed by atoms with van der Waals surface area (Å²) in [5.41, 5.74) is -6.59. The lowest BCUT2D eigenvalue weighted by Gasteiger charge is -2.12. The molecule has 0 spiro atoms. The Bertz CT molecular complexity index is 4430. The Labute approximate surface area is 329 Å². The van der Waals surface area contributed by atoms with Gasteiger partial charge in [-0.15, -0.1) is 0 Å². The molecule has 0 saturated carbocycles. The first-order valence-corrected chi connectivity index (χ1v) is 14.4. The van der Waals surface area contributed by atoms with E-state index in [9.17, 15) is 11.0 Å². The zero-order chi connectivity index (χ0) is 58.3. The average Bonchev–Trinajstić information content (AvgIpc) is 3.86. The second kappa shape index (κ2) is 11.4. The highest BCUT2D eigenvalue weighted by Gasteiger charge is 2.23. The van der Waals surface area contributed by atoms with E-state index in [0.29, 0.717) is 0 Å². The minimum absolute atomic E-state index is 0.559. The van der Waals surface area contributed by atoms with E-state index >= 15 is 0 Å². The molecule has 0 unspecified atom stereocenters. The van der Waals surface area contributed by atoms with Gasteiger partial charge in [0.1, 0.15) is 0 Å². The van der Waals surface area contributed by atoms with E-state index in [4.69, 9.17) is 28.8 Å². The first kappa shape index (κ1) is 11.6. The molecule has 3 heterocycles. The molecule has 5 heteroatoms. The Balaban J connectivity index is 1.51. The van der Waals surface area contributed by atoms with Crippen LogP contribution >= 0.6 is 0 Å². The standard InChI is InChI=1S/C45H29N5/c1-4-14-30(15-5-1)31-24-26-33(27-25-31)44-46-43(32-16-6-2-7-17-32)47-45(48-44)50-38-22-12-10-20-35(38)36-28-29-40-41(42(36)50)37-21-11-13-23-39(37)49(40)34-18-8-3-9-19-34/h1-29H/i1D,2D,3D,4D,5D,6D,7D,8D,9D,10D,11D,12D,13D,14D,15D,16D,17D,18D,19D,20D,21D,22D,23D,24D,25D,26D,27D,28D,29D. The molecular formula is C45H29N5. The third-order valence-electron chi connectivity index (χ3n) is 7.60. The third kappa shape index (κ3) is 4.45. The summed E-state index contributed by atoms with van der Waals surface area (Å²) in [5, 5.41) is -2.31. The SMILES string of the molecule is [2H]c1c([2H])c([2H])c(-c2nc(-c3c([2H])c([2H])c(-c4c([2H])c([2H])c([2H])c([2H])c4[2H])c([2H])c3[2H])nc(-n3c4c([2H])c([2H])c([2H])c([2H])c4c4c([2H])c([2H])c5c(c6c([2H])c([2H])c([2H])c([2H])c6n5-c5c([2H])c([2H])c([2H])c([2H])c5[2H])c43)n2)c([2H])c1[2H]. The van der Waals surface area contributed by atoms with Crippen LogP contribution in [0.15, 0.2) is 175 Å². The lowest BCUT2D eigenvalue weighted by atomic mass is 10.0. The van der Waals surface area contributed by atoms with Crippen molar-refractivity contribution >= 4 is 43.6 Å². The van der Waals surface area contributed by atoms with E-state index in [-0.39, 0.29) is 0 Å². The number of hydrogen-bond acceptors (Lipinski definition) is 3. The second-order valence-corrected chi connectivity index (χ2v) is 10.3. The van der Waals surface area contributed by atoms with Crippen LogP contribution in [0.4, 0.5) is 0 Å². The fourth-order valence-corrected chi connectivity index (χ4v) is 5.58. The van der Waals surface area contributed by atoms with Crippen molar-refractivity contribution in [3.63, 3.8) is 0 Å². The Morgan fingerprint density at radius 1 is 0.360 bits per heavy atom. The van der Waals surface area contributed by atoms with Gasteiger partial charge in [-0.3, -0.25) is 4.57 Å². The summed E-state index contributed by atoms with van der Waals surface area (Å²) in [4.78, 5) is 13.3. The van der Waals surface area contributed by atoms with E-state index in [1.54, 1.807) is 0 Å². The van der Waals surface area contributed by atoms with Crippen LogP contribution in [0.25, 0.3) is 89.2 Å². The van der Waals surface area contributed by atoms with Crippen LogP contribution in [0.5, 0.6) is 0 Å². The normalized spacial score (nSPS) is 19.7. The van der Waals surface area contributed by atoms with Gasteiger partial charge in [-0.1, -0.05) is 145 Å². The van der Waals surface area contributed by atoms with Gasteiger partial charge in [0.25, 0.3) is 0 Å². The Hall–Kier alpha value is -6.85. The minimum atomic E-state index is -1.07. The summed E-state index contributed by atoms with van der Waals surface area (Å²) >= 11 is 0. The zero-order valence-electron chi connectivity index (χ0n) is 53.7. The molecule has 0 aliphatic carbocycles. The van der Waals surface area contributed by atoms with E-state index in [0.717, 1.165) is 9.13 Å². The molecule has 0 saturated heterocycles. The van der Waals surface area contributed by atoms with Crippen LogP contribution in [0, 0.1) is 0 Å². The molecule has 10 aromatic rings. The molecule has 0 fully saturated rings. The molecule has 234 valence electrons. The van der Waals surface area contributed by atoms with Crippen molar-refractivity contribution in [3.05, 3.63) is 175 Å². The van der Waals surface area contributed by atoms with Crippen molar-refractivity contribution in [2.24, 2.45) is 0 Å². The van der Waals surface area contributed by atoms with Crippen molar-refractivity contribution in [2.75, 3.05) is 0 Å². The number of para-hydroxylation sites is 3. The topological polar surface area (TPSA) is 48.5 Å². The van der Waals surface area contributed by atoms with Gasteiger partial charge >= 0.3 is 0 Å². The summed E-state index contributed by atoms with van der Waals surface area (Å²) in [6.07, 6.45) is 0. The molecule has 0 N–H and O–H groups in total. The second-order valence-electron chi connectivity index (χ2n) is 10.3. The van der Waals surface area contributed by atoms with Crippen LogP contribution in [0.2, 0.25) is 0 Å². The Morgan fingerprint density at radius 3 is 1.54 bits per heavy atom. The Kier molecular flexibility index (Phi) is 2.65. The molecule has 7 aromatic carbocycles.